The van der Waals surface area contributed by atoms with E-state index in [1.54, 1.807) is 11.8 Å². The second-order valence-corrected chi connectivity index (χ2v) is 3.86. The van der Waals surface area contributed by atoms with E-state index < -0.39 is 10.9 Å². The topological polar surface area (TPSA) is 96.6 Å². The molecule has 0 aliphatic carbocycles. The summed E-state index contributed by atoms with van der Waals surface area (Å²) in [7, 11) is 0. The largest absolute Gasteiger partial charge is 0.481 e. The normalized spacial score (nSPS) is 11.9. The first-order chi connectivity index (χ1) is 8.45. The van der Waals surface area contributed by atoms with Crippen LogP contribution in [-0.2, 0) is 4.79 Å². The van der Waals surface area contributed by atoms with E-state index in [-0.39, 0.29) is 18.2 Å². The molecule has 0 saturated carbocycles. The minimum atomic E-state index is -0.911. The molecular formula is C11H15N3O4. The Hall–Kier alpha value is -2.18. The zero-order chi connectivity index (χ0) is 13.7. The van der Waals surface area contributed by atoms with E-state index in [0.29, 0.717) is 12.4 Å². The van der Waals surface area contributed by atoms with Crippen molar-refractivity contribution in [1.82, 2.24) is 4.98 Å². The third kappa shape index (κ3) is 3.41. The van der Waals surface area contributed by atoms with E-state index in [0.717, 1.165) is 0 Å². The average molecular weight is 253 g/mol. The Balaban J connectivity index is 2.97. The predicted octanol–water partition coefficient (Wildman–Crippen LogP) is 1.68. The summed E-state index contributed by atoms with van der Waals surface area (Å²) in [5.41, 5.74) is -0.0547. The van der Waals surface area contributed by atoms with Gasteiger partial charge in [0.25, 0.3) is 5.69 Å². The van der Waals surface area contributed by atoms with Crippen molar-refractivity contribution in [3.8, 4) is 0 Å². The van der Waals surface area contributed by atoms with Crippen molar-refractivity contribution in [2.45, 2.75) is 26.3 Å². The van der Waals surface area contributed by atoms with Gasteiger partial charge in [-0.2, -0.15) is 0 Å². The lowest BCUT2D eigenvalue weighted by Crippen LogP contribution is -2.35. The molecule has 7 heteroatoms. The standard InChI is InChI=1S/C11H15N3O4/c1-3-13(8(2)6-11(15)16)10-7-9(14(17)18)4-5-12-10/h4-5,7-8H,3,6H2,1-2H3,(H,15,16). The predicted molar refractivity (Wildman–Crippen MR) is 65.6 cm³/mol. The summed E-state index contributed by atoms with van der Waals surface area (Å²) in [6.07, 6.45) is 1.31. The SMILES string of the molecule is CCN(c1cc([N+](=O)[O-])ccn1)C(C)CC(=O)O. The van der Waals surface area contributed by atoms with Crippen LogP contribution < -0.4 is 4.90 Å². The molecule has 98 valence electrons. The van der Waals surface area contributed by atoms with Gasteiger partial charge in [-0.05, 0) is 13.8 Å². The van der Waals surface area contributed by atoms with Gasteiger partial charge in [-0.3, -0.25) is 14.9 Å². The van der Waals surface area contributed by atoms with Crippen LogP contribution in [0.25, 0.3) is 0 Å². The Bertz CT molecular complexity index is 450. The molecular weight excluding hydrogens is 238 g/mol. The van der Waals surface area contributed by atoms with Crippen LogP contribution in [0, 0.1) is 10.1 Å². The number of aliphatic carboxylic acids is 1. The highest BCUT2D eigenvalue weighted by molar-refractivity contribution is 5.68. The minimum absolute atomic E-state index is 0.0434. The van der Waals surface area contributed by atoms with Crippen molar-refractivity contribution in [1.29, 1.82) is 0 Å². The van der Waals surface area contributed by atoms with Gasteiger partial charge >= 0.3 is 5.97 Å². The summed E-state index contributed by atoms with van der Waals surface area (Å²) in [6.45, 7) is 4.12. The highest BCUT2D eigenvalue weighted by Gasteiger charge is 2.18. The van der Waals surface area contributed by atoms with E-state index in [1.807, 2.05) is 6.92 Å². The first-order valence-corrected chi connectivity index (χ1v) is 5.54. The molecule has 0 aliphatic rings. The third-order valence-electron chi connectivity index (χ3n) is 2.58. The van der Waals surface area contributed by atoms with Crippen molar-refractivity contribution in [3.05, 3.63) is 28.4 Å². The van der Waals surface area contributed by atoms with Crippen molar-refractivity contribution in [2.24, 2.45) is 0 Å². The van der Waals surface area contributed by atoms with Gasteiger partial charge in [0, 0.05) is 24.8 Å². The molecule has 18 heavy (non-hydrogen) atoms. The molecule has 1 aromatic heterocycles. The van der Waals surface area contributed by atoms with E-state index in [4.69, 9.17) is 5.11 Å². The molecule has 0 saturated heterocycles. The van der Waals surface area contributed by atoms with Crippen molar-refractivity contribution in [2.75, 3.05) is 11.4 Å². The molecule has 1 rings (SSSR count). The number of carboxylic acids is 1. The Morgan fingerprint density at radius 3 is 2.83 bits per heavy atom. The van der Waals surface area contributed by atoms with Crippen LogP contribution in [-0.4, -0.2) is 33.6 Å². The fourth-order valence-corrected chi connectivity index (χ4v) is 1.74. The lowest BCUT2D eigenvalue weighted by atomic mass is 10.2. The molecule has 0 radical (unpaired) electrons. The summed E-state index contributed by atoms with van der Waals surface area (Å²) >= 11 is 0. The number of carbonyl (C=O) groups is 1. The van der Waals surface area contributed by atoms with Gasteiger partial charge in [0.05, 0.1) is 17.4 Å². The Labute approximate surface area is 104 Å². The number of aromatic nitrogens is 1. The maximum Gasteiger partial charge on any atom is 0.305 e. The fourth-order valence-electron chi connectivity index (χ4n) is 1.74. The van der Waals surface area contributed by atoms with Crippen LogP contribution in [0.1, 0.15) is 20.3 Å². The molecule has 1 heterocycles. The molecule has 1 unspecified atom stereocenters. The number of nitrogens with zero attached hydrogens (tertiary/aromatic N) is 3. The number of hydrogen-bond acceptors (Lipinski definition) is 5. The van der Waals surface area contributed by atoms with Gasteiger partial charge in [0.2, 0.25) is 0 Å². The molecule has 1 atom stereocenters. The van der Waals surface area contributed by atoms with Gasteiger partial charge in [-0.1, -0.05) is 0 Å². The maximum absolute atomic E-state index is 10.7. The van der Waals surface area contributed by atoms with Gasteiger partial charge in [0.15, 0.2) is 0 Å². The van der Waals surface area contributed by atoms with Crippen molar-refractivity contribution < 1.29 is 14.8 Å². The second kappa shape index (κ2) is 5.95. The number of hydrogen-bond donors (Lipinski definition) is 1. The summed E-state index contributed by atoms with van der Waals surface area (Å²) in [6, 6.07) is 2.38. The molecule has 0 amide bonds. The molecule has 7 nitrogen and oxygen atoms in total. The number of carboxylic acid groups (broad SMARTS) is 1. The second-order valence-electron chi connectivity index (χ2n) is 3.86. The van der Waals surface area contributed by atoms with Crippen LogP contribution in [0.15, 0.2) is 18.3 Å². The Kier molecular flexibility index (Phi) is 4.59. The zero-order valence-electron chi connectivity index (χ0n) is 10.2. The van der Waals surface area contributed by atoms with Crippen LogP contribution in [0.3, 0.4) is 0 Å². The monoisotopic (exact) mass is 253 g/mol. The molecule has 0 bridgehead atoms. The summed E-state index contributed by atoms with van der Waals surface area (Å²) in [5.74, 6) is -0.494. The zero-order valence-corrected chi connectivity index (χ0v) is 10.2. The molecule has 1 aromatic rings. The Morgan fingerprint density at radius 2 is 2.33 bits per heavy atom. The quantitative estimate of drug-likeness (QED) is 0.612. The van der Waals surface area contributed by atoms with Crippen LogP contribution in [0.4, 0.5) is 11.5 Å². The number of rotatable bonds is 6. The van der Waals surface area contributed by atoms with Gasteiger partial charge in [-0.25, -0.2) is 4.98 Å². The van der Waals surface area contributed by atoms with Crippen LogP contribution in [0.5, 0.6) is 0 Å². The van der Waals surface area contributed by atoms with E-state index >= 15 is 0 Å². The summed E-state index contributed by atoms with van der Waals surface area (Å²) < 4.78 is 0. The molecule has 0 fully saturated rings. The first kappa shape index (κ1) is 13.9. The van der Waals surface area contributed by atoms with E-state index in [9.17, 15) is 14.9 Å². The lowest BCUT2D eigenvalue weighted by Gasteiger charge is -2.27. The lowest BCUT2D eigenvalue weighted by molar-refractivity contribution is -0.384. The van der Waals surface area contributed by atoms with E-state index in [2.05, 4.69) is 4.98 Å². The summed E-state index contributed by atoms with van der Waals surface area (Å²) in [5, 5.41) is 19.4. The minimum Gasteiger partial charge on any atom is -0.481 e. The fraction of sp³-hybridized carbons (Fsp3) is 0.455. The van der Waals surface area contributed by atoms with Crippen molar-refractivity contribution >= 4 is 17.5 Å². The van der Waals surface area contributed by atoms with Gasteiger partial charge in [-0.15, -0.1) is 0 Å². The number of nitro groups is 1. The average Bonchev–Trinajstić information content (AvgIpc) is 2.29. The summed E-state index contributed by atoms with van der Waals surface area (Å²) in [4.78, 5) is 26.6. The Morgan fingerprint density at radius 1 is 1.67 bits per heavy atom. The molecule has 0 spiro atoms. The highest BCUT2D eigenvalue weighted by atomic mass is 16.6. The number of anilines is 1. The molecule has 0 aromatic carbocycles. The molecule has 0 aliphatic heterocycles. The van der Waals surface area contributed by atoms with Crippen LogP contribution in [0.2, 0.25) is 0 Å². The van der Waals surface area contributed by atoms with Gasteiger partial charge in [0.1, 0.15) is 5.82 Å². The number of pyridine rings is 1. The maximum atomic E-state index is 10.7. The first-order valence-electron chi connectivity index (χ1n) is 5.54. The molecule has 1 N–H and O–H groups in total. The van der Waals surface area contributed by atoms with Crippen LogP contribution >= 0.6 is 0 Å². The highest BCUT2D eigenvalue weighted by Crippen LogP contribution is 2.20. The van der Waals surface area contributed by atoms with E-state index in [1.165, 1.54) is 18.3 Å². The van der Waals surface area contributed by atoms with Gasteiger partial charge < -0.3 is 10.0 Å². The third-order valence-corrected chi connectivity index (χ3v) is 2.58. The smallest absolute Gasteiger partial charge is 0.305 e. The van der Waals surface area contributed by atoms with Crippen molar-refractivity contribution in [3.63, 3.8) is 0 Å².